The Bertz CT molecular complexity index is 513. The summed E-state index contributed by atoms with van der Waals surface area (Å²) < 4.78 is 21.1. The molecule has 1 aromatic heterocycles. The molecule has 0 aliphatic rings. The highest BCUT2D eigenvalue weighted by Gasteiger charge is 2.09. The van der Waals surface area contributed by atoms with Gasteiger partial charge in [0.05, 0.1) is 6.54 Å². The third-order valence-electron chi connectivity index (χ3n) is 3.02. The molecule has 5 heteroatoms. The molecule has 4 nitrogen and oxygen atoms in total. The fourth-order valence-electron chi connectivity index (χ4n) is 1.79. The summed E-state index contributed by atoms with van der Waals surface area (Å²) in [5.74, 6) is 0.287. The minimum atomic E-state index is -0.251. The van der Waals surface area contributed by atoms with Crippen LogP contribution in [0.1, 0.15) is 18.5 Å². The number of nitrogens with zero attached hydrogens (tertiary/aromatic N) is 2. The first-order valence-electron chi connectivity index (χ1n) is 6.27. The Morgan fingerprint density at radius 2 is 2.32 bits per heavy atom. The summed E-state index contributed by atoms with van der Waals surface area (Å²) in [5, 5.41) is 7.08. The average Bonchev–Trinajstić information content (AvgIpc) is 2.91. The van der Waals surface area contributed by atoms with Crippen molar-refractivity contribution < 1.29 is 9.13 Å². The second-order valence-electron chi connectivity index (χ2n) is 4.31. The van der Waals surface area contributed by atoms with Gasteiger partial charge in [-0.05, 0) is 26.1 Å². The maximum Gasteiger partial charge on any atom is 0.131 e. The highest BCUT2D eigenvalue weighted by Crippen LogP contribution is 2.21. The van der Waals surface area contributed by atoms with E-state index in [1.54, 1.807) is 30.1 Å². The zero-order valence-electron chi connectivity index (χ0n) is 11.1. The molecule has 0 saturated heterocycles. The summed E-state index contributed by atoms with van der Waals surface area (Å²) in [6.45, 7) is 3.02. The van der Waals surface area contributed by atoms with Crippen molar-refractivity contribution in [1.82, 2.24) is 15.1 Å². The van der Waals surface area contributed by atoms with Crippen LogP contribution in [0.25, 0.3) is 0 Å². The molecule has 0 fully saturated rings. The van der Waals surface area contributed by atoms with E-state index in [-0.39, 0.29) is 11.9 Å². The van der Waals surface area contributed by atoms with Gasteiger partial charge >= 0.3 is 0 Å². The van der Waals surface area contributed by atoms with Crippen LogP contribution >= 0.6 is 0 Å². The van der Waals surface area contributed by atoms with Gasteiger partial charge in [-0.1, -0.05) is 6.07 Å². The van der Waals surface area contributed by atoms with E-state index in [1.807, 2.05) is 19.2 Å². The normalized spacial score (nSPS) is 12.4. The zero-order valence-corrected chi connectivity index (χ0v) is 11.1. The summed E-state index contributed by atoms with van der Waals surface area (Å²) in [6, 6.07) is 6.80. The Kier molecular flexibility index (Phi) is 4.52. The first-order valence-corrected chi connectivity index (χ1v) is 6.27. The molecule has 2 aromatic rings. The van der Waals surface area contributed by atoms with Crippen LogP contribution in [0.2, 0.25) is 0 Å². The fourth-order valence-corrected chi connectivity index (χ4v) is 1.79. The second kappa shape index (κ2) is 6.33. The van der Waals surface area contributed by atoms with Crippen LogP contribution in [-0.4, -0.2) is 23.4 Å². The van der Waals surface area contributed by atoms with Crippen molar-refractivity contribution >= 4 is 0 Å². The maximum absolute atomic E-state index is 13.9. The second-order valence-corrected chi connectivity index (χ2v) is 4.31. The first-order chi connectivity index (χ1) is 9.20. The van der Waals surface area contributed by atoms with Crippen LogP contribution in [0.5, 0.6) is 5.75 Å². The molecule has 0 amide bonds. The van der Waals surface area contributed by atoms with Gasteiger partial charge in [0, 0.05) is 30.1 Å². The van der Waals surface area contributed by atoms with Crippen LogP contribution in [0, 0.1) is 5.82 Å². The molecule has 0 spiro atoms. The predicted octanol–water partition coefficient (Wildman–Crippen LogP) is 2.38. The molecule has 1 aromatic carbocycles. The number of halogens is 1. The van der Waals surface area contributed by atoms with Gasteiger partial charge in [0.15, 0.2) is 0 Å². The summed E-state index contributed by atoms with van der Waals surface area (Å²) in [5.41, 5.74) is 0.641. The van der Waals surface area contributed by atoms with E-state index in [0.29, 0.717) is 24.5 Å². The number of benzene rings is 1. The molecule has 1 atom stereocenters. The van der Waals surface area contributed by atoms with Crippen molar-refractivity contribution in [3.8, 4) is 5.75 Å². The standard InChI is InChI=1S/C14H18FN3O/c1-11(16-2)13-5-4-12(10-14(13)15)19-9-8-18-7-3-6-17-18/h3-7,10-11,16H,8-9H2,1-2H3. The molecular formula is C14H18FN3O. The highest BCUT2D eigenvalue weighted by atomic mass is 19.1. The summed E-state index contributed by atoms with van der Waals surface area (Å²) in [7, 11) is 1.80. The number of nitrogens with one attached hydrogen (secondary N) is 1. The number of hydrogen-bond acceptors (Lipinski definition) is 3. The van der Waals surface area contributed by atoms with Crippen molar-refractivity contribution in [1.29, 1.82) is 0 Å². The van der Waals surface area contributed by atoms with E-state index in [2.05, 4.69) is 10.4 Å². The minimum Gasteiger partial charge on any atom is -0.492 e. The first kappa shape index (κ1) is 13.5. The molecule has 1 unspecified atom stereocenters. The summed E-state index contributed by atoms with van der Waals surface area (Å²) >= 11 is 0. The Morgan fingerprint density at radius 3 is 2.95 bits per heavy atom. The van der Waals surface area contributed by atoms with Gasteiger partial charge < -0.3 is 10.1 Å². The number of rotatable bonds is 6. The van der Waals surface area contributed by atoms with Crippen molar-refractivity contribution in [3.05, 3.63) is 48.0 Å². The molecule has 0 bridgehead atoms. The van der Waals surface area contributed by atoms with E-state index >= 15 is 0 Å². The van der Waals surface area contributed by atoms with Crippen molar-refractivity contribution in [2.75, 3.05) is 13.7 Å². The molecule has 102 valence electrons. The smallest absolute Gasteiger partial charge is 0.131 e. The lowest BCUT2D eigenvalue weighted by Gasteiger charge is -2.13. The highest BCUT2D eigenvalue weighted by molar-refractivity contribution is 5.30. The summed E-state index contributed by atoms with van der Waals surface area (Å²) in [4.78, 5) is 0. The lowest BCUT2D eigenvalue weighted by Crippen LogP contribution is -2.14. The van der Waals surface area contributed by atoms with Crippen LogP contribution in [-0.2, 0) is 6.54 Å². The van der Waals surface area contributed by atoms with E-state index < -0.39 is 0 Å². The number of hydrogen-bond donors (Lipinski definition) is 1. The lowest BCUT2D eigenvalue weighted by molar-refractivity contribution is 0.289. The minimum absolute atomic E-state index is 0.0156. The molecular weight excluding hydrogens is 245 g/mol. The van der Waals surface area contributed by atoms with Crippen LogP contribution in [0.15, 0.2) is 36.7 Å². The van der Waals surface area contributed by atoms with Crippen LogP contribution in [0.4, 0.5) is 4.39 Å². The predicted molar refractivity (Wildman–Crippen MR) is 71.6 cm³/mol. The third kappa shape index (κ3) is 3.54. The Labute approximate surface area is 112 Å². The third-order valence-corrected chi connectivity index (χ3v) is 3.02. The molecule has 1 N–H and O–H groups in total. The SMILES string of the molecule is CNC(C)c1ccc(OCCn2cccn2)cc1F. The van der Waals surface area contributed by atoms with Gasteiger partial charge in [-0.2, -0.15) is 5.10 Å². The lowest BCUT2D eigenvalue weighted by atomic mass is 10.1. The van der Waals surface area contributed by atoms with Crippen molar-refractivity contribution in [2.24, 2.45) is 0 Å². The molecule has 1 heterocycles. The van der Waals surface area contributed by atoms with Gasteiger partial charge in [0.2, 0.25) is 0 Å². The molecule has 0 aliphatic carbocycles. The number of aromatic nitrogens is 2. The molecule has 2 rings (SSSR count). The molecule has 19 heavy (non-hydrogen) atoms. The van der Waals surface area contributed by atoms with Gasteiger partial charge in [0.1, 0.15) is 18.2 Å². The fraction of sp³-hybridized carbons (Fsp3) is 0.357. The quantitative estimate of drug-likeness (QED) is 0.869. The summed E-state index contributed by atoms with van der Waals surface area (Å²) in [6.07, 6.45) is 3.58. The molecule has 0 radical (unpaired) electrons. The van der Waals surface area contributed by atoms with Crippen molar-refractivity contribution in [2.45, 2.75) is 19.5 Å². The van der Waals surface area contributed by atoms with Gasteiger partial charge in [-0.25, -0.2) is 4.39 Å². The van der Waals surface area contributed by atoms with E-state index in [0.717, 1.165) is 0 Å². The Balaban J connectivity index is 1.92. The largest absolute Gasteiger partial charge is 0.492 e. The molecule has 0 aliphatic heterocycles. The Morgan fingerprint density at radius 1 is 1.47 bits per heavy atom. The molecule has 0 saturated carbocycles. The monoisotopic (exact) mass is 263 g/mol. The zero-order chi connectivity index (χ0) is 13.7. The van der Waals surface area contributed by atoms with E-state index in [9.17, 15) is 4.39 Å². The van der Waals surface area contributed by atoms with Gasteiger partial charge in [0.25, 0.3) is 0 Å². The topological polar surface area (TPSA) is 39.1 Å². The number of ether oxygens (including phenoxy) is 1. The maximum atomic E-state index is 13.9. The van der Waals surface area contributed by atoms with E-state index in [1.165, 1.54) is 6.07 Å². The van der Waals surface area contributed by atoms with E-state index in [4.69, 9.17) is 4.74 Å². The van der Waals surface area contributed by atoms with Gasteiger partial charge in [-0.15, -0.1) is 0 Å². The van der Waals surface area contributed by atoms with Crippen LogP contribution < -0.4 is 10.1 Å². The Hall–Kier alpha value is -1.88. The van der Waals surface area contributed by atoms with Gasteiger partial charge in [-0.3, -0.25) is 4.68 Å². The van der Waals surface area contributed by atoms with Crippen molar-refractivity contribution in [3.63, 3.8) is 0 Å². The average molecular weight is 263 g/mol. The van der Waals surface area contributed by atoms with Crippen LogP contribution in [0.3, 0.4) is 0 Å².